The van der Waals surface area contributed by atoms with Crippen molar-refractivity contribution in [1.82, 2.24) is 9.78 Å². The van der Waals surface area contributed by atoms with Crippen LogP contribution in [0.2, 0.25) is 0 Å². The minimum Gasteiger partial charge on any atom is -0.353 e. The van der Waals surface area contributed by atoms with Gasteiger partial charge in [0, 0.05) is 30.6 Å². The topological polar surface area (TPSA) is 64.2 Å². The predicted molar refractivity (Wildman–Crippen MR) is 109 cm³/mol. The molecule has 1 aliphatic rings. The van der Waals surface area contributed by atoms with E-state index in [4.69, 9.17) is 5.73 Å². The fraction of sp³-hybridized carbons (Fsp3) is 0.300. The van der Waals surface area contributed by atoms with Crippen LogP contribution in [0.25, 0.3) is 16.5 Å². The third-order valence-corrected chi connectivity index (χ3v) is 4.93. The first kappa shape index (κ1) is 20.2. The molecule has 2 aromatic carbocycles. The van der Waals surface area contributed by atoms with Crippen molar-refractivity contribution in [3.63, 3.8) is 0 Å². The van der Waals surface area contributed by atoms with Gasteiger partial charge in [0.1, 0.15) is 11.5 Å². The van der Waals surface area contributed by atoms with E-state index in [1.165, 1.54) is 6.07 Å². The zero-order valence-electron chi connectivity index (χ0n) is 15.1. The highest BCUT2D eigenvalue weighted by atomic mass is 35.5. The maximum atomic E-state index is 14.3. The number of hydrogen-bond acceptors (Lipinski definition) is 4. The number of fused-ring (bicyclic) bond motifs is 1. The zero-order valence-corrected chi connectivity index (χ0v) is 16.0. The average molecular weight is 407 g/mol. The van der Waals surface area contributed by atoms with Crippen LogP contribution in [0.3, 0.4) is 0 Å². The molecule has 2 heterocycles. The molecule has 1 atom stereocenters. The Balaban J connectivity index is 0.00000225. The van der Waals surface area contributed by atoms with Crippen LogP contribution >= 0.6 is 12.4 Å². The summed E-state index contributed by atoms with van der Waals surface area (Å²) in [6.45, 7) is 1.37. The van der Waals surface area contributed by atoms with Gasteiger partial charge in [0.2, 0.25) is 0 Å². The number of rotatable bonds is 2. The normalized spacial score (nSPS) is 17.2. The van der Waals surface area contributed by atoms with E-state index in [9.17, 15) is 13.6 Å². The van der Waals surface area contributed by atoms with Gasteiger partial charge in [-0.2, -0.15) is 4.68 Å². The molecule has 0 unspecified atom stereocenters. The Morgan fingerprint density at radius 3 is 2.57 bits per heavy atom. The lowest BCUT2D eigenvalue weighted by atomic mass is 10.1. The van der Waals surface area contributed by atoms with E-state index in [0.29, 0.717) is 23.1 Å². The Hall–Kier alpha value is -2.51. The van der Waals surface area contributed by atoms with Gasteiger partial charge in [-0.25, -0.2) is 8.78 Å². The van der Waals surface area contributed by atoms with Crippen LogP contribution in [0.15, 0.2) is 47.3 Å². The molecule has 0 saturated carbocycles. The van der Waals surface area contributed by atoms with Gasteiger partial charge in [-0.05, 0) is 31.0 Å². The van der Waals surface area contributed by atoms with E-state index in [1.807, 2.05) is 12.1 Å². The monoisotopic (exact) mass is 406 g/mol. The minimum atomic E-state index is -0.835. The van der Waals surface area contributed by atoms with Crippen molar-refractivity contribution in [3.05, 3.63) is 64.5 Å². The summed E-state index contributed by atoms with van der Waals surface area (Å²) in [5.74, 6) is -0.950. The van der Waals surface area contributed by atoms with Crippen molar-refractivity contribution < 1.29 is 8.78 Å². The molecule has 5 nitrogen and oxygen atoms in total. The molecule has 148 valence electrons. The van der Waals surface area contributed by atoms with Gasteiger partial charge in [-0.15, -0.1) is 17.5 Å². The predicted octanol–water partition coefficient (Wildman–Crippen LogP) is 3.40. The van der Waals surface area contributed by atoms with Gasteiger partial charge in [-0.1, -0.05) is 24.6 Å². The molecule has 0 spiro atoms. The van der Waals surface area contributed by atoms with E-state index in [0.717, 1.165) is 42.6 Å². The van der Waals surface area contributed by atoms with Crippen LogP contribution in [0.4, 0.5) is 14.6 Å². The molecular formula is C20H21ClF2N4O. The Labute approximate surface area is 167 Å². The third kappa shape index (κ3) is 3.72. The van der Waals surface area contributed by atoms with Gasteiger partial charge in [0.25, 0.3) is 5.56 Å². The minimum absolute atomic E-state index is 0. The van der Waals surface area contributed by atoms with Crippen LogP contribution < -0.4 is 16.2 Å². The van der Waals surface area contributed by atoms with Crippen LogP contribution in [0.5, 0.6) is 0 Å². The molecular weight excluding hydrogens is 386 g/mol. The number of benzene rings is 2. The summed E-state index contributed by atoms with van der Waals surface area (Å²) in [6.07, 6.45) is 2.93. The van der Waals surface area contributed by atoms with Crippen molar-refractivity contribution in [2.75, 3.05) is 18.0 Å². The first-order chi connectivity index (χ1) is 13.0. The zero-order chi connectivity index (χ0) is 19.0. The summed E-state index contributed by atoms with van der Waals surface area (Å²) < 4.78 is 28.7. The maximum absolute atomic E-state index is 14.3. The largest absolute Gasteiger partial charge is 0.353 e. The van der Waals surface area contributed by atoms with Gasteiger partial charge in [0.15, 0.2) is 11.6 Å². The lowest BCUT2D eigenvalue weighted by molar-refractivity contribution is 0.570. The molecule has 1 aromatic heterocycles. The molecule has 3 aromatic rings. The molecule has 0 aliphatic carbocycles. The number of halogens is 3. The third-order valence-electron chi connectivity index (χ3n) is 4.93. The Morgan fingerprint density at radius 2 is 1.82 bits per heavy atom. The van der Waals surface area contributed by atoms with E-state index < -0.39 is 17.2 Å². The lowest BCUT2D eigenvalue weighted by Gasteiger charge is -2.25. The fourth-order valence-electron chi connectivity index (χ4n) is 3.59. The molecule has 1 saturated heterocycles. The van der Waals surface area contributed by atoms with Crippen molar-refractivity contribution in [3.8, 4) is 5.69 Å². The van der Waals surface area contributed by atoms with E-state index in [-0.39, 0.29) is 24.1 Å². The molecule has 4 rings (SSSR count). The molecule has 0 radical (unpaired) electrons. The van der Waals surface area contributed by atoms with Gasteiger partial charge in [-0.3, -0.25) is 4.79 Å². The molecule has 1 fully saturated rings. The van der Waals surface area contributed by atoms with E-state index in [1.54, 1.807) is 12.1 Å². The molecule has 1 aliphatic heterocycles. The van der Waals surface area contributed by atoms with Gasteiger partial charge < -0.3 is 10.6 Å². The molecule has 0 amide bonds. The van der Waals surface area contributed by atoms with Gasteiger partial charge >= 0.3 is 0 Å². The van der Waals surface area contributed by atoms with Gasteiger partial charge in [0.05, 0.1) is 5.39 Å². The van der Waals surface area contributed by atoms with Crippen LogP contribution in [0.1, 0.15) is 19.3 Å². The van der Waals surface area contributed by atoms with Crippen molar-refractivity contribution in [2.24, 2.45) is 5.73 Å². The van der Waals surface area contributed by atoms with Crippen LogP contribution in [-0.4, -0.2) is 28.9 Å². The van der Waals surface area contributed by atoms with Crippen LogP contribution in [-0.2, 0) is 0 Å². The summed E-state index contributed by atoms with van der Waals surface area (Å²) >= 11 is 0. The average Bonchev–Trinajstić information content (AvgIpc) is 2.87. The first-order valence-corrected chi connectivity index (χ1v) is 9.02. The summed E-state index contributed by atoms with van der Waals surface area (Å²) in [5, 5.41) is 5.61. The van der Waals surface area contributed by atoms with Crippen molar-refractivity contribution in [2.45, 2.75) is 25.3 Å². The second kappa shape index (κ2) is 8.24. The maximum Gasteiger partial charge on any atom is 0.279 e. The van der Waals surface area contributed by atoms with Crippen molar-refractivity contribution >= 4 is 29.0 Å². The first-order valence-electron chi connectivity index (χ1n) is 9.02. The van der Waals surface area contributed by atoms with Crippen LogP contribution in [0, 0.1) is 11.6 Å². The summed E-state index contributed by atoms with van der Waals surface area (Å²) in [5.41, 5.74) is 5.66. The lowest BCUT2D eigenvalue weighted by Crippen LogP contribution is -2.37. The standard InChI is InChI=1S/C20H20F2N4O.ClH/c21-13-8-9-18(17(22)11-13)26-20(27)16-7-2-1-6-15(16)19(24-26)25-10-4-3-5-14(23)12-25;/h1-2,6-9,11,14H,3-5,10,12,23H2;1H/t14-;/m0./s1. The van der Waals surface area contributed by atoms with Crippen molar-refractivity contribution in [1.29, 1.82) is 0 Å². The number of aromatic nitrogens is 2. The summed E-state index contributed by atoms with van der Waals surface area (Å²) in [7, 11) is 0. The van der Waals surface area contributed by atoms with E-state index in [2.05, 4.69) is 10.00 Å². The fourth-order valence-corrected chi connectivity index (χ4v) is 3.59. The summed E-state index contributed by atoms with van der Waals surface area (Å²) in [6, 6.07) is 10.2. The Morgan fingerprint density at radius 1 is 1.07 bits per heavy atom. The quantitative estimate of drug-likeness (QED) is 0.708. The highest BCUT2D eigenvalue weighted by Crippen LogP contribution is 2.26. The highest BCUT2D eigenvalue weighted by molar-refractivity contribution is 5.91. The van der Waals surface area contributed by atoms with E-state index >= 15 is 0 Å². The highest BCUT2D eigenvalue weighted by Gasteiger charge is 2.21. The number of anilines is 1. The molecule has 28 heavy (non-hydrogen) atoms. The number of hydrogen-bond donors (Lipinski definition) is 1. The SMILES string of the molecule is Cl.N[C@H]1CCCCN(c2nn(-c3ccc(F)cc3F)c(=O)c3ccccc23)C1. The number of nitrogens with two attached hydrogens (primary N) is 1. The second-order valence-electron chi connectivity index (χ2n) is 6.88. The molecule has 2 N–H and O–H groups in total. The molecule has 8 heteroatoms. The Bertz CT molecular complexity index is 1060. The second-order valence-corrected chi connectivity index (χ2v) is 6.88. The molecule has 0 bridgehead atoms. The summed E-state index contributed by atoms with van der Waals surface area (Å²) in [4.78, 5) is 15.0. The number of nitrogens with zero attached hydrogens (tertiary/aromatic N) is 3. The Kier molecular flexibility index (Phi) is 5.96. The smallest absolute Gasteiger partial charge is 0.279 e.